The first-order valence-electron chi connectivity index (χ1n) is 4.18. The van der Waals surface area contributed by atoms with Gasteiger partial charge in [-0.15, -0.1) is 0 Å². The quantitative estimate of drug-likeness (QED) is 0.573. The summed E-state index contributed by atoms with van der Waals surface area (Å²) in [5.74, 6) is 0. The number of fused-ring (bicyclic) bond motifs is 1. The van der Waals surface area contributed by atoms with Crippen LogP contribution in [0, 0.1) is 4.64 Å². The van der Waals surface area contributed by atoms with Gasteiger partial charge >= 0.3 is 6.18 Å². The zero-order valence-corrected chi connectivity index (χ0v) is 8.51. The summed E-state index contributed by atoms with van der Waals surface area (Å²) in [7, 11) is 0. The Morgan fingerprint density at radius 1 is 1.31 bits per heavy atom. The Bertz CT molecular complexity index is 606. The molecule has 1 aromatic carbocycles. The summed E-state index contributed by atoms with van der Waals surface area (Å²) in [5.41, 5.74) is -1.30. The third-order valence-electron chi connectivity index (χ3n) is 2.06. The smallest absolute Gasteiger partial charge is 0.418 e. The van der Waals surface area contributed by atoms with E-state index in [9.17, 15) is 18.4 Å². The molecule has 0 unspecified atom stereocenters. The van der Waals surface area contributed by atoms with Crippen LogP contribution in [0.3, 0.4) is 0 Å². The minimum absolute atomic E-state index is 0.0492. The van der Waals surface area contributed by atoms with E-state index in [0.717, 1.165) is 12.3 Å². The molecule has 2 rings (SSSR count). The predicted octanol–water partition coefficient (Wildman–Crippen LogP) is 3.02. The van der Waals surface area contributed by atoms with Crippen molar-refractivity contribution >= 4 is 23.3 Å². The lowest BCUT2D eigenvalue weighted by Crippen LogP contribution is -2.08. The fraction of sp³-hybridized carbons (Fsp3) is 0.111. The summed E-state index contributed by atoms with van der Waals surface area (Å²) in [6.07, 6.45) is -3.50. The van der Waals surface area contributed by atoms with E-state index >= 15 is 0 Å². The van der Waals surface area contributed by atoms with Crippen LogP contribution in [0.15, 0.2) is 24.4 Å². The van der Waals surface area contributed by atoms with Crippen LogP contribution in [0.5, 0.6) is 0 Å². The van der Waals surface area contributed by atoms with Crippen LogP contribution in [0.4, 0.5) is 13.2 Å². The van der Waals surface area contributed by atoms with Gasteiger partial charge in [0.2, 0.25) is 0 Å². The van der Waals surface area contributed by atoms with Crippen molar-refractivity contribution in [3.63, 3.8) is 0 Å². The van der Waals surface area contributed by atoms with E-state index in [4.69, 9.17) is 0 Å². The maximum atomic E-state index is 12.6. The summed E-state index contributed by atoms with van der Waals surface area (Å²) in [5, 5.41) is 9.45. The molecule has 0 radical (unpaired) electrons. The van der Waals surface area contributed by atoms with Gasteiger partial charge in [0.1, 0.15) is 11.0 Å². The van der Waals surface area contributed by atoms with E-state index in [-0.39, 0.29) is 15.7 Å². The van der Waals surface area contributed by atoms with E-state index in [1.165, 1.54) is 12.1 Å². The standard InChI is InChI=1S/C9H5F3N2OS/c10-9(11,12)5-2-1-3-6-8(5)13-4-7(16)14(6)15/h1-4,15H. The van der Waals surface area contributed by atoms with Crippen molar-refractivity contribution in [2.75, 3.05) is 0 Å². The number of hydrogen-bond acceptors (Lipinski definition) is 3. The maximum Gasteiger partial charge on any atom is 0.418 e. The van der Waals surface area contributed by atoms with Crippen LogP contribution in [0.25, 0.3) is 11.0 Å². The molecule has 2 aromatic rings. The minimum atomic E-state index is -4.51. The average molecular weight is 246 g/mol. The number of alkyl halides is 3. The fourth-order valence-corrected chi connectivity index (χ4v) is 1.51. The van der Waals surface area contributed by atoms with Crippen molar-refractivity contribution < 1.29 is 18.4 Å². The molecule has 16 heavy (non-hydrogen) atoms. The van der Waals surface area contributed by atoms with Gasteiger partial charge in [0, 0.05) is 0 Å². The highest BCUT2D eigenvalue weighted by Crippen LogP contribution is 2.33. The van der Waals surface area contributed by atoms with Gasteiger partial charge in [0.05, 0.1) is 11.8 Å². The molecule has 0 aliphatic carbocycles. The largest absolute Gasteiger partial charge is 0.427 e. The SMILES string of the molecule is On1c(=S)cnc2c(C(F)(F)F)cccc21. The molecule has 0 saturated heterocycles. The Morgan fingerprint density at radius 3 is 2.62 bits per heavy atom. The highest BCUT2D eigenvalue weighted by molar-refractivity contribution is 7.71. The van der Waals surface area contributed by atoms with Crippen LogP contribution in [-0.2, 0) is 6.18 Å². The van der Waals surface area contributed by atoms with E-state index in [1.54, 1.807) is 0 Å². The van der Waals surface area contributed by atoms with Crippen LogP contribution in [-0.4, -0.2) is 14.9 Å². The number of halogens is 3. The number of para-hydroxylation sites is 1. The Labute approximate surface area is 92.7 Å². The third kappa shape index (κ3) is 1.63. The van der Waals surface area contributed by atoms with E-state index in [1.807, 2.05) is 0 Å². The monoisotopic (exact) mass is 246 g/mol. The molecule has 0 amide bonds. The van der Waals surface area contributed by atoms with Gasteiger partial charge in [-0.25, -0.2) is 0 Å². The average Bonchev–Trinajstić information content (AvgIpc) is 2.21. The molecular formula is C9H5F3N2OS. The summed E-state index contributed by atoms with van der Waals surface area (Å²) in [4.78, 5) is 3.60. The van der Waals surface area contributed by atoms with Crippen molar-refractivity contribution in [1.82, 2.24) is 9.71 Å². The van der Waals surface area contributed by atoms with Gasteiger partial charge in [-0.3, -0.25) is 4.98 Å². The van der Waals surface area contributed by atoms with Crippen LogP contribution in [0.1, 0.15) is 5.56 Å². The van der Waals surface area contributed by atoms with Gasteiger partial charge in [-0.2, -0.15) is 17.9 Å². The summed E-state index contributed by atoms with van der Waals surface area (Å²) in [6, 6.07) is 3.40. The van der Waals surface area contributed by atoms with Gasteiger partial charge in [0.15, 0.2) is 4.64 Å². The van der Waals surface area contributed by atoms with Crippen molar-refractivity contribution in [2.45, 2.75) is 6.18 Å². The normalized spacial score (nSPS) is 11.9. The highest BCUT2D eigenvalue weighted by Gasteiger charge is 2.33. The molecule has 0 aliphatic heterocycles. The predicted molar refractivity (Wildman–Crippen MR) is 52.8 cm³/mol. The molecule has 7 heteroatoms. The van der Waals surface area contributed by atoms with Crippen molar-refractivity contribution in [2.24, 2.45) is 0 Å². The second-order valence-corrected chi connectivity index (χ2v) is 3.50. The van der Waals surface area contributed by atoms with Crippen molar-refractivity contribution in [3.05, 3.63) is 34.6 Å². The zero-order chi connectivity index (χ0) is 11.9. The number of aromatic nitrogens is 2. The molecule has 0 fully saturated rings. The van der Waals surface area contributed by atoms with Gasteiger partial charge in [-0.1, -0.05) is 18.3 Å². The fourth-order valence-electron chi connectivity index (χ4n) is 1.36. The maximum absolute atomic E-state index is 12.6. The Hall–Kier alpha value is -1.63. The molecule has 0 saturated carbocycles. The molecule has 0 aliphatic rings. The lowest BCUT2D eigenvalue weighted by atomic mass is 10.1. The summed E-state index contributed by atoms with van der Waals surface area (Å²) in [6.45, 7) is 0. The topological polar surface area (TPSA) is 38.0 Å². The number of benzene rings is 1. The first-order valence-corrected chi connectivity index (χ1v) is 4.59. The van der Waals surface area contributed by atoms with Crippen LogP contribution in [0.2, 0.25) is 0 Å². The third-order valence-corrected chi connectivity index (χ3v) is 2.34. The molecule has 1 aromatic heterocycles. The molecule has 0 spiro atoms. The molecular weight excluding hydrogens is 241 g/mol. The number of rotatable bonds is 0. The Kier molecular flexibility index (Phi) is 2.34. The van der Waals surface area contributed by atoms with Crippen molar-refractivity contribution in [3.8, 4) is 0 Å². The van der Waals surface area contributed by atoms with Gasteiger partial charge in [0.25, 0.3) is 0 Å². The number of nitrogens with zero attached hydrogens (tertiary/aromatic N) is 2. The summed E-state index contributed by atoms with van der Waals surface area (Å²) >= 11 is 4.69. The van der Waals surface area contributed by atoms with E-state index in [0.29, 0.717) is 4.73 Å². The first kappa shape index (κ1) is 10.9. The molecule has 84 valence electrons. The lowest BCUT2D eigenvalue weighted by molar-refractivity contribution is -0.136. The van der Waals surface area contributed by atoms with Crippen LogP contribution < -0.4 is 0 Å². The van der Waals surface area contributed by atoms with E-state index < -0.39 is 11.7 Å². The molecule has 1 N–H and O–H groups in total. The van der Waals surface area contributed by atoms with E-state index in [2.05, 4.69) is 17.2 Å². The van der Waals surface area contributed by atoms with Crippen LogP contribution >= 0.6 is 12.2 Å². The molecule has 3 nitrogen and oxygen atoms in total. The minimum Gasteiger partial charge on any atom is -0.427 e. The molecule has 0 atom stereocenters. The zero-order valence-electron chi connectivity index (χ0n) is 7.69. The Morgan fingerprint density at radius 2 is 2.00 bits per heavy atom. The second kappa shape index (κ2) is 3.44. The molecule has 0 bridgehead atoms. The van der Waals surface area contributed by atoms with Crippen molar-refractivity contribution in [1.29, 1.82) is 0 Å². The second-order valence-electron chi connectivity index (χ2n) is 3.08. The Balaban J connectivity index is 2.91. The summed E-state index contributed by atoms with van der Waals surface area (Å²) < 4.78 is 38.2. The highest BCUT2D eigenvalue weighted by atomic mass is 32.1. The van der Waals surface area contributed by atoms with Gasteiger partial charge < -0.3 is 5.21 Å². The van der Waals surface area contributed by atoms with Gasteiger partial charge in [-0.05, 0) is 12.1 Å². The lowest BCUT2D eigenvalue weighted by Gasteiger charge is -2.10. The first-order chi connectivity index (χ1) is 7.41. The number of hydrogen-bond donors (Lipinski definition) is 1. The molecule has 1 heterocycles.